The van der Waals surface area contributed by atoms with Gasteiger partial charge < -0.3 is 79.5 Å². The summed E-state index contributed by atoms with van der Waals surface area (Å²) in [4.78, 5) is 34.5. The van der Waals surface area contributed by atoms with E-state index in [0.29, 0.717) is 0 Å². The maximum Gasteiger partial charge on any atom is 0.336 e. The van der Waals surface area contributed by atoms with Crippen LogP contribution in [0.1, 0.15) is 19.3 Å². The average molecular weight is 602 g/mol. The molecule has 0 bridgehead atoms. The quantitative estimate of drug-likeness (QED) is 0.0835. The molecule has 3 aliphatic rings. The fourth-order valence-corrected chi connectivity index (χ4v) is 4.71. The summed E-state index contributed by atoms with van der Waals surface area (Å²) in [5.41, 5.74) is -2.67. The lowest BCUT2D eigenvalue weighted by Crippen LogP contribution is -2.50. The SMILES string of the molecule is O=C(O)CC[C@](CC(=O)O)(O[C@@H]1O[C@H](CO)[C@H](O[C@H]2O[C@H](CO)[C@@H](O)[C@H]2O[C@@H]2O[C@H](CO)[C@H](O)[C@@H]2O)[C@@H]1O)C(=O)O. The second-order valence-electron chi connectivity index (χ2n) is 9.72. The van der Waals surface area contributed by atoms with Gasteiger partial charge in [-0.3, -0.25) is 9.59 Å². The Morgan fingerprint density at radius 1 is 0.634 bits per heavy atom. The first-order valence-corrected chi connectivity index (χ1v) is 12.5. The minimum atomic E-state index is -2.67. The van der Waals surface area contributed by atoms with Crippen molar-refractivity contribution in [3.8, 4) is 0 Å². The number of hydrogen-bond donors (Lipinski definition) is 10. The first kappa shape index (κ1) is 33.4. The lowest BCUT2D eigenvalue weighted by Gasteiger charge is -2.32. The number of aliphatic hydroxyl groups excluding tert-OH is 7. The van der Waals surface area contributed by atoms with Crippen LogP contribution in [-0.2, 0) is 42.8 Å². The molecule has 3 rings (SSSR count). The van der Waals surface area contributed by atoms with Crippen molar-refractivity contribution in [2.45, 2.75) is 98.7 Å². The summed E-state index contributed by atoms with van der Waals surface area (Å²) < 4.78 is 32.6. The summed E-state index contributed by atoms with van der Waals surface area (Å²) >= 11 is 0. The van der Waals surface area contributed by atoms with Crippen LogP contribution in [0.4, 0.5) is 0 Å². The van der Waals surface area contributed by atoms with Crippen molar-refractivity contribution >= 4 is 17.9 Å². The van der Waals surface area contributed by atoms with E-state index in [1.54, 1.807) is 0 Å². The minimum Gasteiger partial charge on any atom is -0.481 e. The van der Waals surface area contributed by atoms with Gasteiger partial charge in [-0.2, -0.15) is 0 Å². The maximum atomic E-state index is 12.0. The van der Waals surface area contributed by atoms with Gasteiger partial charge in [-0.05, 0) is 6.42 Å². The van der Waals surface area contributed by atoms with Gasteiger partial charge in [-0.25, -0.2) is 4.79 Å². The van der Waals surface area contributed by atoms with Crippen molar-refractivity contribution in [2.24, 2.45) is 0 Å². The Hall–Kier alpha value is -2.11. The van der Waals surface area contributed by atoms with Crippen molar-refractivity contribution in [2.75, 3.05) is 19.8 Å². The molecule has 236 valence electrons. The van der Waals surface area contributed by atoms with E-state index in [2.05, 4.69) is 0 Å². The van der Waals surface area contributed by atoms with E-state index in [0.717, 1.165) is 0 Å². The molecule has 3 aliphatic heterocycles. The average Bonchev–Trinajstić information content (AvgIpc) is 3.48. The highest BCUT2D eigenvalue weighted by atomic mass is 16.8. The summed E-state index contributed by atoms with van der Waals surface area (Å²) in [6.07, 6.45) is -22.1. The summed E-state index contributed by atoms with van der Waals surface area (Å²) in [5, 5.41) is 98.3. The van der Waals surface area contributed by atoms with Gasteiger partial charge in [0, 0.05) is 6.42 Å². The van der Waals surface area contributed by atoms with Crippen molar-refractivity contribution < 1.29 is 93.9 Å². The number of aliphatic carboxylic acids is 3. The smallest absolute Gasteiger partial charge is 0.336 e. The zero-order valence-corrected chi connectivity index (χ0v) is 21.3. The number of rotatable bonds is 15. The highest BCUT2D eigenvalue weighted by Gasteiger charge is 2.56. The molecule has 19 heteroatoms. The van der Waals surface area contributed by atoms with Crippen molar-refractivity contribution in [1.29, 1.82) is 0 Å². The van der Waals surface area contributed by atoms with E-state index < -0.39 is 136 Å². The molecule has 0 aliphatic carbocycles. The molecule has 0 aromatic rings. The molecule has 41 heavy (non-hydrogen) atoms. The standard InChI is InChI=1S/C22H34O19/c23-4-7-12(30)14(32)18(36-7)40-17-13(31)8(5-24)37-20(17)39-16-9(6-25)38-19(15(16)33)41-22(21(34)35,3-11(28)29)2-1-10(26)27/h7-9,12-20,23-25,30-33H,1-6H2,(H,26,27)(H,28,29)(H,34,35)/t7-,8-,9-,12+,13-,14+,15+,16+,17-,18+,19+,20-,22-/m1/s1. The van der Waals surface area contributed by atoms with Crippen LogP contribution in [0.5, 0.6) is 0 Å². The van der Waals surface area contributed by atoms with Crippen LogP contribution in [0.25, 0.3) is 0 Å². The Kier molecular flexibility index (Phi) is 11.3. The Morgan fingerprint density at radius 2 is 1.17 bits per heavy atom. The third-order valence-corrected chi connectivity index (χ3v) is 6.94. The molecule has 0 spiro atoms. The van der Waals surface area contributed by atoms with Gasteiger partial charge in [0.1, 0.15) is 54.9 Å². The van der Waals surface area contributed by atoms with Crippen LogP contribution in [0.2, 0.25) is 0 Å². The van der Waals surface area contributed by atoms with E-state index in [-0.39, 0.29) is 0 Å². The number of aliphatic hydroxyl groups is 7. The monoisotopic (exact) mass is 602 g/mol. The second-order valence-corrected chi connectivity index (χ2v) is 9.72. The topological polar surface area (TPSA) is 309 Å². The number of carbonyl (C=O) groups is 3. The molecule has 10 N–H and O–H groups in total. The highest BCUT2D eigenvalue weighted by Crippen LogP contribution is 2.36. The van der Waals surface area contributed by atoms with E-state index in [1.165, 1.54) is 0 Å². The van der Waals surface area contributed by atoms with Crippen molar-refractivity contribution in [3.63, 3.8) is 0 Å². The molecule has 3 fully saturated rings. The zero-order valence-electron chi connectivity index (χ0n) is 21.3. The fourth-order valence-electron chi connectivity index (χ4n) is 4.71. The highest BCUT2D eigenvalue weighted by molar-refractivity contribution is 5.84. The third kappa shape index (κ3) is 7.28. The predicted molar refractivity (Wildman–Crippen MR) is 122 cm³/mol. The van der Waals surface area contributed by atoms with Gasteiger partial charge in [0.15, 0.2) is 24.5 Å². The Morgan fingerprint density at radius 3 is 1.68 bits per heavy atom. The predicted octanol–water partition coefficient (Wildman–Crippen LogP) is -5.47. The van der Waals surface area contributed by atoms with Crippen LogP contribution in [0, 0.1) is 0 Å². The largest absolute Gasteiger partial charge is 0.481 e. The third-order valence-electron chi connectivity index (χ3n) is 6.94. The van der Waals surface area contributed by atoms with Crippen LogP contribution >= 0.6 is 0 Å². The zero-order chi connectivity index (χ0) is 30.6. The molecule has 0 aromatic carbocycles. The second kappa shape index (κ2) is 13.9. The molecule has 0 aromatic heterocycles. The minimum absolute atomic E-state index is 0.682. The molecule has 0 amide bonds. The molecular weight excluding hydrogens is 568 g/mol. The Bertz CT molecular complexity index is 917. The summed E-state index contributed by atoms with van der Waals surface area (Å²) in [6.45, 7) is -2.30. The molecule has 19 nitrogen and oxygen atoms in total. The molecule has 0 saturated carbocycles. The first-order valence-electron chi connectivity index (χ1n) is 12.5. The molecular formula is C22H34O19. The number of hydrogen-bond acceptors (Lipinski definition) is 16. The van der Waals surface area contributed by atoms with E-state index in [4.69, 9.17) is 33.5 Å². The summed E-state index contributed by atoms with van der Waals surface area (Å²) in [5.74, 6) is -4.98. The van der Waals surface area contributed by atoms with Crippen LogP contribution in [-0.4, -0.2) is 168 Å². The lowest BCUT2D eigenvalue weighted by atomic mass is 9.93. The van der Waals surface area contributed by atoms with Gasteiger partial charge in [0.25, 0.3) is 0 Å². The van der Waals surface area contributed by atoms with Gasteiger partial charge in [-0.1, -0.05) is 0 Å². The molecule has 0 radical (unpaired) electrons. The van der Waals surface area contributed by atoms with Crippen molar-refractivity contribution in [1.82, 2.24) is 0 Å². The maximum absolute atomic E-state index is 12.0. The summed E-state index contributed by atoms with van der Waals surface area (Å²) in [7, 11) is 0. The Balaban J connectivity index is 1.80. The summed E-state index contributed by atoms with van der Waals surface area (Å²) in [6, 6.07) is 0. The van der Waals surface area contributed by atoms with E-state index >= 15 is 0 Å². The van der Waals surface area contributed by atoms with Gasteiger partial charge >= 0.3 is 17.9 Å². The molecule has 3 saturated heterocycles. The van der Waals surface area contributed by atoms with Gasteiger partial charge in [0.05, 0.1) is 26.2 Å². The normalized spacial score (nSPS) is 40.5. The number of carboxylic acids is 3. The van der Waals surface area contributed by atoms with Gasteiger partial charge in [0.2, 0.25) is 0 Å². The van der Waals surface area contributed by atoms with Crippen LogP contribution < -0.4 is 0 Å². The van der Waals surface area contributed by atoms with Crippen LogP contribution in [0.15, 0.2) is 0 Å². The van der Waals surface area contributed by atoms with E-state index in [9.17, 15) is 60.3 Å². The molecule has 3 heterocycles. The number of carboxylic acid groups (broad SMARTS) is 3. The first-order chi connectivity index (χ1) is 19.3. The van der Waals surface area contributed by atoms with Gasteiger partial charge in [-0.15, -0.1) is 0 Å². The number of ether oxygens (including phenoxy) is 6. The molecule has 13 atom stereocenters. The van der Waals surface area contributed by atoms with Crippen LogP contribution in [0.3, 0.4) is 0 Å². The van der Waals surface area contributed by atoms with E-state index in [1.807, 2.05) is 0 Å². The molecule has 0 unspecified atom stereocenters. The fraction of sp³-hybridized carbons (Fsp3) is 0.864. The van der Waals surface area contributed by atoms with Crippen molar-refractivity contribution in [3.05, 3.63) is 0 Å². The Labute approximate surface area is 230 Å². The lowest BCUT2D eigenvalue weighted by molar-refractivity contribution is -0.264.